The molecule has 0 aliphatic heterocycles. The number of aliphatic imine (C=N–C) groups is 1. The molecule has 1 nitrogen and oxygen atoms in total. The fourth-order valence-corrected chi connectivity index (χ4v) is 1.86. The Labute approximate surface area is 102 Å². The molecule has 1 atom stereocenters. The van der Waals surface area contributed by atoms with Crippen LogP contribution in [0.3, 0.4) is 0 Å². The monoisotopic (exact) mass is 289 g/mol. The van der Waals surface area contributed by atoms with Gasteiger partial charge in [0, 0.05) is 4.47 Å². The number of alkyl halides is 1. The molecule has 0 aliphatic rings. The maximum absolute atomic E-state index is 6.07. The Morgan fingerprint density at radius 2 is 2.21 bits per heavy atom. The van der Waals surface area contributed by atoms with Gasteiger partial charge in [0.05, 0.1) is 17.1 Å². The van der Waals surface area contributed by atoms with Crippen LogP contribution in [0.5, 0.6) is 0 Å². The zero-order chi connectivity index (χ0) is 10.4. The molecule has 0 bridgehead atoms. The molecule has 0 fully saturated rings. The zero-order valence-electron chi connectivity index (χ0n) is 7.41. The Balaban J connectivity index is 2.60. The lowest BCUT2D eigenvalue weighted by atomic mass is 10.1. The first-order chi connectivity index (χ1) is 6.74. The molecule has 74 valence electrons. The number of benzene rings is 1. The number of isothiocyanates is 1. The van der Waals surface area contributed by atoms with Crippen LogP contribution in [-0.4, -0.2) is 17.1 Å². The Kier molecular flexibility index (Phi) is 5.34. The first-order valence-corrected chi connectivity index (χ1v) is 5.79. The largest absolute Gasteiger partial charge is 0.231 e. The van der Waals surface area contributed by atoms with E-state index in [0.717, 1.165) is 10.9 Å². The summed E-state index contributed by atoms with van der Waals surface area (Å²) in [7, 11) is 0. The molecule has 1 rings (SSSR count). The average Bonchev–Trinajstić information content (AvgIpc) is 2.18. The van der Waals surface area contributed by atoms with Crippen molar-refractivity contribution in [2.45, 2.75) is 11.8 Å². The molecule has 14 heavy (non-hydrogen) atoms. The van der Waals surface area contributed by atoms with Crippen molar-refractivity contribution in [2.75, 3.05) is 6.54 Å². The van der Waals surface area contributed by atoms with Gasteiger partial charge in [0.2, 0.25) is 0 Å². The van der Waals surface area contributed by atoms with Gasteiger partial charge in [0.25, 0.3) is 0 Å². The molecule has 0 spiro atoms. The molecule has 0 aromatic heterocycles. The third-order valence-corrected chi connectivity index (χ3v) is 2.95. The van der Waals surface area contributed by atoms with Gasteiger partial charge in [-0.05, 0) is 30.3 Å². The van der Waals surface area contributed by atoms with Crippen LogP contribution >= 0.6 is 39.7 Å². The van der Waals surface area contributed by atoms with Crippen molar-refractivity contribution in [3.63, 3.8) is 0 Å². The van der Waals surface area contributed by atoms with E-state index in [9.17, 15) is 0 Å². The smallest absolute Gasteiger partial charge is 0.0660 e. The summed E-state index contributed by atoms with van der Waals surface area (Å²) >= 11 is 14.0. The maximum Gasteiger partial charge on any atom is 0.0660 e. The van der Waals surface area contributed by atoms with Crippen molar-refractivity contribution in [1.82, 2.24) is 0 Å². The van der Waals surface area contributed by atoms with Crippen LogP contribution in [0, 0.1) is 0 Å². The molecule has 0 radical (unpaired) electrons. The van der Waals surface area contributed by atoms with Gasteiger partial charge < -0.3 is 0 Å². The topological polar surface area (TPSA) is 12.4 Å². The molecule has 0 amide bonds. The summed E-state index contributed by atoms with van der Waals surface area (Å²) in [4.78, 5) is 3.82. The van der Waals surface area contributed by atoms with E-state index in [0.29, 0.717) is 6.54 Å². The fraction of sp³-hybridized carbons (Fsp3) is 0.300. The third-order valence-electron chi connectivity index (χ3n) is 1.75. The highest BCUT2D eigenvalue weighted by Gasteiger charge is 2.06. The highest BCUT2D eigenvalue weighted by molar-refractivity contribution is 9.10. The minimum Gasteiger partial charge on any atom is -0.231 e. The summed E-state index contributed by atoms with van der Waals surface area (Å²) in [6.07, 6.45) is 0.781. The second kappa shape index (κ2) is 6.31. The predicted molar refractivity (Wildman–Crippen MR) is 67.4 cm³/mol. The van der Waals surface area contributed by atoms with Crippen molar-refractivity contribution >= 4 is 44.9 Å². The average molecular weight is 291 g/mol. The van der Waals surface area contributed by atoms with Gasteiger partial charge in [-0.25, -0.2) is 4.99 Å². The van der Waals surface area contributed by atoms with Gasteiger partial charge in [0.1, 0.15) is 0 Å². The van der Waals surface area contributed by atoms with Crippen LogP contribution in [-0.2, 0) is 6.42 Å². The first kappa shape index (κ1) is 11.9. The maximum atomic E-state index is 6.07. The Morgan fingerprint density at radius 1 is 1.50 bits per heavy atom. The first-order valence-electron chi connectivity index (χ1n) is 4.15. The highest BCUT2D eigenvalue weighted by Crippen LogP contribution is 2.19. The van der Waals surface area contributed by atoms with Crippen LogP contribution in [0.2, 0.25) is 0 Å². The number of hydrogen-bond donors (Lipinski definition) is 0. The van der Waals surface area contributed by atoms with Gasteiger partial charge in [-0.3, -0.25) is 0 Å². The lowest BCUT2D eigenvalue weighted by Crippen LogP contribution is -2.07. The van der Waals surface area contributed by atoms with Crippen LogP contribution in [0.1, 0.15) is 5.56 Å². The molecule has 1 aromatic rings. The summed E-state index contributed by atoms with van der Waals surface area (Å²) in [6.45, 7) is 0.520. The van der Waals surface area contributed by atoms with E-state index < -0.39 is 0 Å². The van der Waals surface area contributed by atoms with Crippen LogP contribution in [0.15, 0.2) is 33.7 Å². The molecule has 4 heteroatoms. The summed E-state index contributed by atoms with van der Waals surface area (Å²) in [5.41, 5.74) is 1.19. The number of halogens is 2. The van der Waals surface area contributed by atoms with Crippen LogP contribution < -0.4 is 0 Å². The third kappa shape index (κ3) is 3.89. The number of rotatable bonds is 4. The summed E-state index contributed by atoms with van der Waals surface area (Å²) < 4.78 is 1.08. The molecule has 1 aromatic carbocycles. The van der Waals surface area contributed by atoms with Gasteiger partial charge in [0.15, 0.2) is 0 Å². The molecular formula is C10H9BrClNS. The summed E-state index contributed by atoms with van der Waals surface area (Å²) in [6, 6.07) is 8.01. The Bertz CT molecular complexity index is 350. The molecule has 0 heterocycles. The standard InChI is InChI=1S/C10H9BrClNS/c11-10-4-2-1-3-8(10)5-9(12)6-13-7-14/h1-4,9H,5-6H2. The Morgan fingerprint density at radius 3 is 2.86 bits per heavy atom. The van der Waals surface area contributed by atoms with Crippen molar-refractivity contribution in [2.24, 2.45) is 4.99 Å². The minimum absolute atomic E-state index is 0.0239. The van der Waals surface area contributed by atoms with E-state index in [1.165, 1.54) is 5.56 Å². The molecule has 0 saturated heterocycles. The summed E-state index contributed by atoms with van der Waals surface area (Å²) in [5, 5.41) is 2.29. The van der Waals surface area contributed by atoms with Crippen molar-refractivity contribution in [3.05, 3.63) is 34.3 Å². The second-order valence-electron chi connectivity index (χ2n) is 2.82. The zero-order valence-corrected chi connectivity index (χ0v) is 10.6. The number of hydrogen-bond acceptors (Lipinski definition) is 2. The Hall–Kier alpha value is -0.210. The SMILES string of the molecule is S=C=NCC(Cl)Cc1ccccc1Br. The van der Waals surface area contributed by atoms with E-state index >= 15 is 0 Å². The van der Waals surface area contributed by atoms with Crippen LogP contribution in [0.25, 0.3) is 0 Å². The number of thiocarbonyl (C=S) groups is 1. The molecular weight excluding hydrogens is 282 g/mol. The van der Waals surface area contributed by atoms with E-state index in [4.69, 9.17) is 11.6 Å². The minimum atomic E-state index is -0.0239. The van der Waals surface area contributed by atoms with Crippen molar-refractivity contribution in [3.8, 4) is 0 Å². The lowest BCUT2D eigenvalue weighted by Gasteiger charge is -2.07. The normalized spacial score (nSPS) is 11.9. The van der Waals surface area contributed by atoms with Crippen molar-refractivity contribution < 1.29 is 0 Å². The van der Waals surface area contributed by atoms with Gasteiger partial charge in [-0.2, -0.15) is 0 Å². The molecule has 1 unspecified atom stereocenters. The second-order valence-corrected chi connectivity index (χ2v) is 4.48. The molecule has 0 aliphatic carbocycles. The highest BCUT2D eigenvalue weighted by atomic mass is 79.9. The number of nitrogens with zero attached hydrogens (tertiary/aromatic N) is 1. The van der Waals surface area contributed by atoms with Gasteiger partial charge in [-0.15, -0.1) is 11.6 Å². The fourth-order valence-electron chi connectivity index (χ4n) is 1.10. The molecule has 0 N–H and O–H groups in total. The van der Waals surface area contributed by atoms with Crippen LogP contribution in [0.4, 0.5) is 0 Å². The summed E-state index contributed by atoms with van der Waals surface area (Å²) in [5.74, 6) is 0. The van der Waals surface area contributed by atoms with E-state index in [1.807, 2.05) is 24.3 Å². The lowest BCUT2D eigenvalue weighted by molar-refractivity contribution is 0.844. The van der Waals surface area contributed by atoms with E-state index in [1.54, 1.807) is 0 Å². The van der Waals surface area contributed by atoms with Gasteiger partial charge in [-0.1, -0.05) is 34.1 Å². The van der Waals surface area contributed by atoms with E-state index in [2.05, 4.69) is 38.3 Å². The quantitative estimate of drug-likeness (QED) is 0.468. The predicted octanol–water partition coefficient (Wildman–Crippen LogP) is 3.70. The van der Waals surface area contributed by atoms with Gasteiger partial charge >= 0.3 is 0 Å². The van der Waals surface area contributed by atoms with Crippen molar-refractivity contribution in [1.29, 1.82) is 0 Å². The van der Waals surface area contributed by atoms with E-state index in [-0.39, 0.29) is 5.38 Å². The molecule has 0 saturated carbocycles.